The van der Waals surface area contributed by atoms with Gasteiger partial charge in [-0.25, -0.2) is 4.98 Å². The van der Waals surface area contributed by atoms with Gasteiger partial charge in [-0.05, 0) is 12.1 Å². The van der Waals surface area contributed by atoms with Gasteiger partial charge in [0, 0.05) is 27.9 Å². The molecule has 0 fully saturated rings. The number of imidazole rings is 1. The van der Waals surface area contributed by atoms with Gasteiger partial charge in [-0.1, -0.05) is 48.0 Å². The molecule has 4 rings (SSSR count). The summed E-state index contributed by atoms with van der Waals surface area (Å²) >= 11 is 5.96. The van der Waals surface area contributed by atoms with Gasteiger partial charge in [0.1, 0.15) is 6.29 Å². The molecule has 0 radical (unpaired) electrons. The van der Waals surface area contributed by atoms with Crippen LogP contribution in [0.1, 0.15) is 10.4 Å². The predicted molar refractivity (Wildman–Crippen MR) is 94.3 cm³/mol. The zero-order valence-electron chi connectivity index (χ0n) is 12.6. The van der Waals surface area contributed by atoms with Crippen LogP contribution in [0.4, 0.5) is 0 Å². The lowest BCUT2D eigenvalue weighted by Crippen LogP contribution is -1.93. The summed E-state index contributed by atoms with van der Waals surface area (Å²) in [5.41, 5.74) is 5.17. The van der Waals surface area contributed by atoms with E-state index in [2.05, 4.69) is 9.97 Å². The number of carbonyl (C=O) groups is 1. The second kappa shape index (κ2) is 5.91. The van der Waals surface area contributed by atoms with E-state index in [0.29, 0.717) is 10.6 Å². The van der Waals surface area contributed by atoms with Crippen molar-refractivity contribution in [3.8, 4) is 22.5 Å². The zero-order chi connectivity index (χ0) is 16.5. The average molecular weight is 334 g/mol. The highest BCUT2D eigenvalue weighted by atomic mass is 35.5. The van der Waals surface area contributed by atoms with Crippen molar-refractivity contribution in [1.29, 1.82) is 0 Å². The van der Waals surface area contributed by atoms with Crippen molar-refractivity contribution in [2.24, 2.45) is 0 Å². The molecule has 0 N–H and O–H groups in total. The van der Waals surface area contributed by atoms with Crippen LogP contribution in [0.5, 0.6) is 0 Å². The molecule has 116 valence electrons. The fraction of sp³-hybridized carbons (Fsp3) is 0. The molecule has 2 heterocycles. The summed E-state index contributed by atoms with van der Waals surface area (Å²) in [6, 6.07) is 15.0. The fourth-order valence-corrected chi connectivity index (χ4v) is 2.73. The Morgan fingerprint density at radius 2 is 1.58 bits per heavy atom. The van der Waals surface area contributed by atoms with Crippen LogP contribution in [0.15, 0.2) is 67.1 Å². The van der Waals surface area contributed by atoms with Gasteiger partial charge in [0.05, 0.1) is 23.8 Å². The standard InChI is InChI=1S/C19H12ClN3O/c20-16-7-5-15(6-8-16)18-9-22-19-10-21-17(11-23(18)19)14-3-1-13(12-24)2-4-14/h1-12H. The summed E-state index contributed by atoms with van der Waals surface area (Å²) in [5, 5.41) is 0.699. The van der Waals surface area contributed by atoms with Crippen molar-refractivity contribution < 1.29 is 4.79 Å². The second-order valence-corrected chi connectivity index (χ2v) is 5.83. The monoisotopic (exact) mass is 333 g/mol. The highest BCUT2D eigenvalue weighted by molar-refractivity contribution is 6.30. The summed E-state index contributed by atoms with van der Waals surface area (Å²) in [7, 11) is 0. The highest BCUT2D eigenvalue weighted by Crippen LogP contribution is 2.25. The van der Waals surface area contributed by atoms with E-state index in [1.807, 2.05) is 53.2 Å². The third-order valence-electron chi connectivity index (χ3n) is 3.88. The van der Waals surface area contributed by atoms with E-state index < -0.39 is 0 Å². The van der Waals surface area contributed by atoms with Gasteiger partial charge in [0.25, 0.3) is 0 Å². The smallest absolute Gasteiger partial charge is 0.155 e. The Balaban J connectivity index is 1.83. The Morgan fingerprint density at radius 1 is 0.875 bits per heavy atom. The molecule has 0 saturated heterocycles. The first-order valence-electron chi connectivity index (χ1n) is 7.39. The number of aldehydes is 1. The predicted octanol–water partition coefficient (Wildman–Crippen LogP) is 4.53. The summed E-state index contributed by atoms with van der Waals surface area (Å²) < 4.78 is 2.00. The molecule has 2 aromatic heterocycles. The minimum Gasteiger partial charge on any atom is -0.298 e. The van der Waals surface area contributed by atoms with Crippen LogP contribution in [-0.2, 0) is 0 Å². The number of halogens is 1. The Kier molecular flexibility index (Phi) is 3.59. The van der Waals surface area contributed by atoms with Crippen LogP contribution in [-0.4, -0.2) is 20.7 Å². The second-order valence-electron chi connectivity index (χ2n) is 5.39. The molecular weight excluding hydrogens is 322 g/mol. The summed E-state index contributed by atoms with van der Waals surface area (Å²) in [4.78, 5) is 19.6. The molecule has 5 heteroatoms. The minimum atomic E-state index is 0.643. The molecule has 0 unspecified atom stereocenters. The van der Waals surface area contributed by atoms with Crippen LogP contribution in [0.25, 0.3) is 28.2 Å². The lowest BCUT2D eigenvalue weighted by Gasteiger charge is -2.05. The average Bonchev–Trinajstić information content (AvgIpc) is 3.05. The van der Waals surface area contributed by atoms with E-state index in [9.17, 15) is 4.79 Å². The lowest BCUT2D eigenvalue weighted by molar-refractivity contribution is 0.112. The summed E-state index contributed by atoms with van der Waals surface area (Å²) in [6.45, 7) is 0. The van der Waals surface area contributed by atoms with E-state index in [4.69, 9.17) is 11.6 Å². The van der Waals surface area contributed by atoms with Crippen LogP contribution in [0.3, 0.4) is 0 Å². The molecule has 0 amide bonds. The fourth-order valence-electron chi connectivity index (χ4n) is 2.60. The Labute approximate surface area is 143 Å². The van der Waals surface area contributed by atoms with Crippen molar-refractivity contribution in [3.05, 3.63) is 77.7 Å². The molecule has 0 bridgehead atoms. The van der Waals surface area contributed by atoms with Gasteiger partial charge in [-0.2, -0.15) is 0 Å². The molecule has 0 aliphatic rings. The summed E-state index contributed by atoms with van der Waals surface area (Å²) in [6.07, 6.45) is 6.33. The van der Waals surface area contributed by atoms with Gasteiger partial charge in [-0.3, -0.25) is 14.2 Å². The third-order valence-corrected chi connectivity index (χ3v) is 4.13. The Bertz CT molecular complexity index is 1020. The molecule has 0 aliphatic carbocycles. The quantitative estimate of drug-likeness (QED) is 0.517. The van der Waals surface area contributed by atoms with Gasteiger partial charge in [0.2, 0.25) is 0 Å². The van der Waals surface area contributed by atoms with Crippen LogP contribution in [0.2, 0.25) is 5.02 Å². The van der Waals surface area contributed by atoms with Gasteiger partial charge >= 0.3 is 0 Å². The number of fused-ring (bicyclic) bond motifs is 1. The number of nitrogens with zero attached hydrogens (tertiary/aromatic N) is 3. The Morgan fingerprint density at radius 3 is 2.29 bits per heavy atom. The van der Waals surface area contributed by atoms with Crippen LogP contribution >= 0.6 is 11.6 Å². The van der Waals surface area contributed by atoms with E-state index in [1.54, 1.807) is 18.3 Å². The highest BCUT2D eigenvalue weighted by Gasteiger charge is 2.08. The van der Waals surface area contributed by atoms with Crippen molar-refractivity contribution in [2.45, 2.75) is 0 Å². The van der Waals surface area contributed by atoms with Crippen molar-refractivity contribution >= 4 is 23.5 Å². The molecule has 0 atom stereocenters. The molecule has 4 nitrogen and oxygen atoms in total. The Hall–Kier alpha value is -2.98. The van der Waals surface area contributed by atoms with Gasteiger partial charge in [0.15, 0.2) is 5.65 Å². The molecular formula is C19H12ClN3O. The van der Waals surface area contributed by atoms with Crippen molar-refractivity contribution in [2.75, 3.05) is 0 Å². The lowest BCUT2D eigenvalue weighted by atomic mass is 10.1. The third kappa shape index (κ3) is 2.57. The maximum Gasteiger partial charge on any atom is 0.155 e. The maximum absolute atomic E-state index is 10.8. The molecule has 0 spiro atoms. The number of aromatic nitrogens is 3. The number of hydrogen-bond donors (Lipinski definition) is 0. The van der Waals surface area contributed by atoms with E-state index >= 15 is 0 Å². The largest absolute Gasteiger partial charge is 0.298 e. The first-order valence-corrected chi connectivity index (χ1v) is 7.77. The number of carbonyl (C=O) groups excluding carboxylic acids is 1. The van der Waals surface area contributed by atoms with Gasteiger partial charge < -0.3 is 0 Å². The maximum atomic E-state index is 10.8. The number of benzene rings is 2. The molecule has 0 aliphatic heterocycles. The topological polar surface area (TPSA) is 47.3 Å². The van der Waals surface area contributed by atoms with E-state index in [-0.39, 0.29) is 0 Å². The first kappa shape index (κ1) is 14.6. The first-order chi connectivity index (χ1) is 11.7. The van der Waals surface area contributed by atoms with Gasteiger partial charge in [-0.15, -0.1) is 0 Å². The SMILES string of the molecule is O=Cc1ccc(-c2cn3c(-c4ccc(Cl)cc4)cnc3cn2)cc1. The van der Waals surface area contributed by atoms with Crippen LogP contribution in [0, 0.1) is 0 Å². The van der Waals surface area contributed by atoms with E-state index in [0.717, 1.165) is 34.4 Å². The molecule has 4 aromatic rings. The number of rotatable bonds is 3. The van der Waals surface area contributed by atoms with E-state index in [1.165, 1.54) is 0 Å². The number of hydrogen-bond acceptors (Lipinski definition) is 3. The van der Waals surface area contributed by atoms with Crippen molar-refractivity contribution in [1.82, 2.24) is 14.4 Å². The summed E-state index contributed by atoms with van der Waals surface area (Å²) in [5.74, 6) is 0. The zero-order valence-corrected chi connectivity index (χ0v) is 13.3. The van der Waals surface area contributed by atoms with Crippen LogP contribution < -0.4 is 0 Å². The normalized spacial score (nSPS) is 10.9. The molecule has 0 saturated carbocycles. The molecule has 2 aromatic carbocycles. The molecule has 24 heavy (non-hydrogen) atoms. The minimum absolute atomic E-state index is 0.643. The van der Waals surface area contributed by atoms with Crippen molar-refractivity contribution in [3.63, 3.8) is 0 Å².